The summed E-state index contributed by atoms with van der Waals surface area (Å²) in [6.45, 7) is 4.08. The van der Waals surface area contributed by atoms with Crippen molar-refractivity contribution in [3.05, 3.63) is 17.8 Å². The number of rotatable bonds is 3. The molecule has 2 atom stereocenters. The van der Waals surface area contributed by atoms with Gasteiger partial charge in [0, 0.05) is 26.2 Å². The number of piperidine rings is 1. The van der Waals surface area contributed by atoms with Gasteiger partial charge in [0.25, 0.3) is 0 Å². The van der Waals surface area contributed by atoms with Gasteiger partial charge in [-0.1, -0.05) is 0 Å². The largest absolute Gasteiger partial charge is 0.355 e. The molecule has 0 aliphatic carbocycles. The zero-order valence-corrected chi connectivity index (χ0v) is 14.5. The molecule has 0 radical (unpaired) electrons. The number of nitrogens with zero attached hydrogens (tertiary/aromatic N) is 4. The van der Waals surface area contributed by atoms with Gasteiger partial charge in [-0.15, -0.1) is 11.3 Å². The molecule has 0 aromatic carbocycles. The lowest BCUT2D eigenvalue weighted by Crippen LogP contribution is -2.44. The third-order valence-corrected chi connectivity index (χ3v) is 6.06. The summed E-state index contributed by atoms with van der Waals surface area (Å²) >= 11 is 1.63. The second-order valence-corrected chi connectivity index (χ2v) is 7.69. The molecule has 6 nitrogen and oxygen atoms in total. The monoisotopic (exact) mass is 345 g/mol. The smallest absolute Gasteiger partial charge is 0.227 e. The number of likely N-dealkylation sites (tertiary alicyclic amines) is 1. The Kier molecular flexibility index (Phi) is 4.37. The topological polar surface area (TPSA) is 75.3 Å². The van der Waals surface area contributed by atoms with Crippen LogP contribution in [0, 0.1) is 11.8 Å². The summed E-state index contributed by atoms with van der Waals surface area (Å²) in [6.07, 6.45) is 4.67. The fraction of sp³-hybridized carbons (Fsp3) is 0.588. The Bertz CT molecular complexity index is 733. The minimum Gasteiger partial charge on any atom is -0.355 e. The lowest BCUT2D eigenvalue weighted by molar-refractivity contribution is -0.134. The molecule has 7 heteroatoms. The average molecular weight is 345 g/mol. The van der Waals surface area contributed by atoms with Crippen LogP contribution in [0.3, 0.4) is 0 Å². The number of anilines is 1. The highest BCUT2D eigenvalue weighted by molar-refractivity contribution is 7.16. The minimum atomic E-state index is 0.0684. The van der Waals surface area contributed by atoms with Crippen LogP contribution in [0.25, 0.3) is 10.2 Å². The van der Waals surface area contributed by atoms with Crippen LogP contribution in [-0.4, -0.2) is 53.5 Å². The molecule has 2 aliphatic heterocycles. The summed E-state index contributed by atoms with van der Waals surface area (Å²) in [7, 11) is 0. The highest BCUT2D eigenvalue weighted by atomic mass is 32.1. The van der Waals surface area contributed by atoms with E-state index in [1.807, 2.05) is 10.3 Å². The maximum absolute atomic E-state index is 12.9. The van der Waals surface area contributed by atoms with Gasteiger partial charge in [0.2, 0.25) is 5.91 Å². The minimum absolute atomic E-state index is 0.0684. The summed E-state index contributed by atoms with van der Waals surface area (Å²) in [6, 6.07) is 2.08. The molecule has 0 bridgehead atoms. The van der Waals surface area contributed by atoms with Crippen LogP contribution in [-0.2, 0) is 4.79 Å². The number of fused-ring (bicyclic) bond motifs is 1. The molecule has 2 aliphatic rings. The van der Waals surface area contributed by atoms with E-state index in [0.29, 0.717) is 18.4 Å². The molecular formula is C17H23N5OS. The van der Waals surface area contributed by atoms with Crippen molar-refractivity contribution in [3.63, 3.8) is 0 Å². The van der Waals surface area contributed by atoms with Crippen LogP contribution in [0.15, 0.2) is 17.8 Å². The first-order chi connectivity index (χ1) is 11.8. The van der Waals surface area contributed by atoms with Gasteiger partial charge in [-0.3, -0.25) is 4.79 Å². The van der Waals surface area contributed by atoms with Crippen molar-refractivity contribution in [2.75, 3.05) is 37.6 Å². The van der Waals surface area contributed by atoms with E-state index in [-0.39, 0.29) is 5.92 Å². The van der Waals surface area contributed by atoms with Gasteiger partial charge >= 0.3 is 0 Å². The first kappa shape index (κ1) is 15.8. The van der Waals surface area contributed by atoms with Gasteiger partial charge in [0.1, 0.15) is 17.0 Å². The molecular weight excluding hydrogens is 322 g/mol. The Balaban J connectivity index is 1.50. The van der Waals surface area contributed by atoms with E-state index in [0.717, 1.165) is 61.5 Å². The number of amides is 1. The number of carbonyl (C=O) groups is 1. The summed E-state index contributed by atoms with van der Waals surface area (Å²) < 4.78 is 0. The van der Waals surface area contributed by atoms with Crippen LogP contribution in [0.5, 0.6) is 0 Å². The van der Waals surface area contributed by atoms with E-state index in [1.165, 1.54) is 0 Å². The molecule has 2 N–H and O–H groups in total. The van der Waals surface area contributed by atoms with Crippen molar-refractivity contribution in [1.82, 2.24) is 14.9 Å². The van der Waals surface area contributed by atoms with Gasteiger partial charge in [0.15, 0.2) is 0 Å². The molecule has 128 valence electrons. The molecule has 2 aromatic heterocycles. The molecule has 0 saturated carbocycles. The summed E-state index contributed by atoms with van der Waals surface area (Å²) in [5.41, 5.74) is 5.76. The SMILES string of the molecule is NCC1CCN(C(=O)C2CCCN(c3ncnc4sccc34)C2)C1. The van der Waals surface area contributed by atoms with Crippen molar-refractivity contribution in [3.8, 4) is 0 Å². The zero-order valence-electron chi connectivity index (χ0n) is 13.7. The lowest BCUT2D eigenvalue weighted by Gasteiger charge is -2.34. The van der Waals surface area contributed by atoms with Gasteiger partial charge in [-0.2, -0.15) is 0 Å². The summed E-state index contributed by atoms with van der Waals surface area (Å²) in [5, 5.41) is 3.15. The quantitative estimate of drug-likeness (QED) is 0.917. The van der Waals surface area contributed by atoms with Gasteiger partial charge in [0.05, 0.1) is 11.3 Å². The fourth-order valence-electron chi connectivity index (χ4n) is 3.88. The zero-order chi connectivity index (χ0) is 16.5. The third-order valence-electron chi connectivity index (χ3n) is 5.24. The average Bonchev–Trinajstić information content (AvgIpc) is 3.29. The first-order valence-electron chi connectivity index (χ1n) is 8.68. The van der Waals surface area contributed by atoms with Crippen LogP contribution in [0.2, 0.25) is 0 Å². The molecule has 24 heavy (non-hydrogen) atoms. The van der Waals surface area contributed by atoms with Crippen molar-refractivity contribution in [2.45, 2.75) is 19.3 Å². The molecule has 4 heterocycles. The van der Waals surface area contributed by atoms with E-state index < -0.39 is 0 Å². The first-order valence-corrected chi connectivity index (χ1v) is 9.56. The third kappa shape index (κ3) is 2.86. The maximum atomic E-state index is 12.9. The van der Waals surface area contributed by atoms with E-state index in [2.05, 4.69) is 20.9 Å². The predicted octanol–water partition coefficient (Wildman–Crippen LogP) is 1.71. The van der Waals surface area contributed by atoms with Crippen LogP contribution < -0.4 is 10.6 Å². The van der Waals surface area contributed by atoms with Crippen LogP contribution >= 0.6 is 11.3 Å². The van der Waals surface area contributed by atoms with Crippen molar-refractivity contribution in [1.29, 1.82) is 0 Å². The molecule has 4 rings (SSSR count). The predicted molar refractivity (Wildman–Crippen MR) is 96.1 cm³/mol. The molecule has 0 spiro atoms. The van der Waals surface area contributed by atoms with Crippen molar-refractivity contribution < 1.29 is 4.79 Å². The molecule has 2 unspecified atom stereocenters. The number of hydrogen-bond donors (Lipinski definition) is 1. The number of nitrogens with two attached hydrogens (primary N) is 1. The highest BCUT2D eigenvalue weighted by Gasteiger charge is 2.33. The van der Waals surface area contributed by atoms with E-state index in [9.17, 15) is 4.79 Å². The van der Waals surface area contributed by atoms with Crippen LogP contribution in [0.1, 0.15) is 19.3 Å². The number of thiophene rings is 1. The lowest BCUT2D eigenvalue weighted by atomic mass is 9.96. The number of hydrogen-bond acceptors (Lipinski definition) is 6. The normalized spacial score (nSPS) is 24.7. The Labute approximate surface area is 145 Å². The highest BCUT2D eigenvalue weighted by Crippen LogP contribution is 2.31. The number of carbonyl (C=O) groups excluding carboxylic acids is 1. The van der Waals surface area contributed by atoms with E-state index in [1.54, 1.807) is 17.7 Å². The maximum Gasteiger partial charge on any atom is 0.227 e. The van der Waals surface area contributed by atoms with Crippen LogP contribution in [0.4, 0.5) is 5.82 Å². The number of aromatic nitrogens is 2. The molecule has 2 saturated heterocycles. The Morgan fingerprint density at radius 3 is 3.04 bits per heavy atom. The summed E-state index contributed by atoms with van der Waals surface area (Å²) in [5.74, 6) is 1.81. The Hall–Kier alpha value is -1.73. The summed E-state index contributed by atoms with van der Waals surface area (Å²) in [4.78, 5) is 27.0. The Morgan fingerprint density at radius 2 is 2.21 bits per heavy atom. The van der Waals surface area contributed by atoms with Crippen molar-refractivity contribution >= 4 is 33.3 Å². The molecule has 1 amide bonds. The second-order valence-electron chi connectivity index (χ2n) is 6.80. The standard InChI is InChI=1S/C17H23N5OS/c18-8-12-3-6-22(9-12)17(23)13-2-1-5-21(10-13)15-14-4-7-24-16(14)20-11-19-15/h4,7,11-13H,1-3,5-6,8-10,18H2. The molecule has 2 fully saturated rings. The van der Waals surface area contributed by atoms with Gasteiger partial charge in [-0.25, -0.2) is 9.97 Å². The van der Waals surface area contributed by atoms with E-state index in [4.69, 9.17) is 5.73 Å². The fourth-order valence-corrected chi connectivity index (χ4v) is 4.61. The van der Waals surface area contributed by atoms with E-state index >= 15 is 0 Å². The van der Waals surface area contributed by atoms with Gasteiger partial charge < -0.3 is 15.5 Å². The Morgan fingerprint density at radius 1 is 1.29 bits per heavy atom. The van der Waals surface area contributed by atoms with Gasteiger partial charge in [-0.05, 0) is 43.2 Å². The second kappa shape index (κ2) is 6.64. The molecule has 2 aromatic rings. The van der Waals surface area contributed by atoms with Crippen molar-refractivity contribution in [2.24, 2.45) is 17.6 Å².